The van der Waals surface area contributed by atoms with E-state index in [1.807, 2.05) is 24.0 Å². The van der Waals surface area contributed by atoms with Crippen molar-refractivity contribution >= 4 is 23.4 Å². The highest BCUT2D eigenvalue weighted by molar-refractivity contribution is 5.97. The van der Waals surface area contributed by atoms with E-state index in [4.69, 9.17) is 0 Å². The lowest BCUT2D eigenvalue weighted by molar-refractivity contribution is -0.126. The van der Waals surface area contributed by atoms with Crippen molar-refractivity contribution in [2.75, 3.05) is 24.5 Å². The highest BCUT2D eigenvalue weighted by atomic mass is 16.2. The molecule has 1 aromatic rings. The van der Waals surface area contributed by atoms with E-state index in [0.717, 1.165) is 50.8 Å². The summed E-state index contributed by atoms with van der Waals surface area (Å²) < 4.78 is 0. The first kappa shape index (κ1) is 21.3. The molecule has 0 saturated carbocycles. The van der Waals surface area contributed by atoms with Gasteiger partial charge in [0.1, 0.15) is 0 Å². The number of unbranched alkanes of at least 4 members (excludes halogenated alkanes) is 1. The molecule has 0 bridgehead atoms. The van der Waals surface area contributed by atoms with Crippen molar-refractivity contribution in [1.82, 2.24) is 10.2 Å². The van der Waals surface area contributed by atoms with E-state index in [0.29, 0.717) is 25.1 Å². The fourth-order valence-electron chi connectivity index (χ4n) is 4.17. The zero-order chi connectivity index (χ0) is 20.8. The summed E-state index contributed by atoms with van der Waals surface area (Å²) >= 11 is 0. The molecule has 6 heteroatoms. The third-order valence-corrected chi connectivity index (χ3v) is 6.09. The van der Waals surface area contributed by atoms with Gasteiger partial charge in [-0.3, -0.25) is 14.4 Å². The van der Waals surface area contributed by atoms with Crippen LogP contribution in [-0.4, -0.2) is 48.3 Å². The van der Waals surface area contributed by atoms with Gasteiger partial charge in [0.2, 0.25) is 11.8 Å². The number of hydrogen-bond donors (Lipinski definition) is 1. The third-order valence-electron chi connectivity index (χ3n) is 6.09. The number of piperidine rings is 2. The Morgan fingerprint density at radius 3 is 2.59 bits per heavy atom. The topological polar surface area (TPSA) is 69.7 Å². The lowest BCUT2D eigenvalue weighted by atomic mass is 9.92. The Hall–Kier alpha value is -2.37. The molecule has 2 saturated heterocycles. The van der Waals surface area contributed by atoms with Gasteiger partial charge in [0.25, 0.3) is 5.91 Å². The minimum Gasteiger partial charge on any atom is -0.356 e. The first-order chi connectivity index (χ1) is 14.0. The van der Waals surface area contributed by atoms with Crippen molar-refractivity contribution in [3.05, 3.63) is 29.8 Å². The first-order valence-corrected chi connectivity index (χ1v) is 11.0. The number of rotatable bonds is 6. The second-order valence-electron chi connectivity index (χ2n) is 8.27. The van der Waals surface area contributed by atoms with Crippen LogP contribution in [0.4, 0.5) is 5.69 Å². The van der Waals surface area contributed by atoms with E-state index in [9.17, 15) is 14.4 Å². The molecule has 1 N–H and O–H groups in total. The molecule has 2 heterocycles. The van der Waals surface area contributed by atoms with Crippen LogP contribution in [0.2, 0.25) is 0 Å². The molecule has 2 atom stereocenters. The van der Waals surface area contributed by atoms with Gasteiger partial charge in [-0.2, -0.15) is 0 Å². The summed E-state index contributed by atoms with van der Waals surface area (Å²) in [6.45, 7) is 6.05. The molecule has 158 valence electrons. The first-order valence-electron chi connectivity index (χ1n) is 11.0. The van der Waals surface area contributed by atoms with Gasteiger partial charge in [-0.25, -0.2) is 0 Å². The molecular weight excluding hydrogens is 366 g/mol. The van der Waals surface area contributed by atoms with Crippen LogP contribution in [-0.2, 0) is 9.59 Å². The van der Waals surface area contributed by atoms with Crippen LogP contribution in [0.3, 0.4) is 0 Å². The maximum Gasteiger partial charge on any atom is 0.254 e. The Labute approximate surface area is 173 Å². The second kappa shape index (κ2) is 9.90. The van der Waals surface area contributed by atoms with E-state index < -0.39 is 0 Å². The number of carbonyl (C=O) groups is 3. The lowest BCUT2D eigenvalue weighted by Gasteiger charge is -2.37. The third kappa shape index (κ3) is 5.17. The van der Waals surface area contributed by atoms with Crippen LogP contribution in [0.5, 0.6) is 0 Å². The van der Waals surface area contributed by atoms with Gasteiger partial charge < -0.3 is 15.1 Å². The van der Waals surface area contributed by atoms with E-state index >= 15 is 0 Å². The standard InChI is InChI=1S/C23H33N3O3/c1-3-4-14-24-22(28)19-9-8-17(2)26(16-19)23(29)18-10-12-20(13-11-18)25-15-6-5-7-21(25)27/h10-13,17,19H,3-9,14-16H2,1-2H3,(H,24,28). The number of nitrogens with zero attached hydrogens (tertiary/aromatic N) is 2. The zero-order valence-corrected chi connectivity index (χ0v) is 17.7. The van der Waals surface area contributed by atoms with Gasteiger partial charge in [-0.15, -0.1) is 0 Å². The molecule has 0 aromatic heterocycles. The van der Waals surface area contributed by atoms with Crippen molar-refractivity contribution < 1.29 is 14.4 Å². The number of carbonyl (C=O) groups excluding carboxylic acids is 3. The Morgan fingerprint density at radius 1 is 1.14 bits per heavy atom. The number of hydrogen-bond acceptors (Lipinski definition) is 3. The van der Waals surface area contributed by atoms with Crippen LogP contribution in [0, 0.1) is 5.92 Å². The molecule has 2 aliphatic heterocycles. The predicted molar refractivity (Wildman–Crippen MR) is 114 cm³/mol. The van der Waals surface area contributed by atoms with Gasteiger partial charge in [0, 0.05) is 43.3 Å². The molecule has 0 spiro atoms. The van der Waals surface area contributed by atoms with Crippen LogP contribution in [0.15, 0.2) is 24.3 Å². The summed E-state index contributed by atoms with van der Waals surface area (Å²) in [6.07, 6.45) is 6.23. The maximum absolute atomic E-state index is 13.1. The molecule has 2 unspecified atom stereocenters. The van der Waals surface area contributed by atoms with Crippen LogP contribution in [0.25, 0.3) is 0 Å². The smallest absolute Gasteiger partial charge is 0.254 e. The number of likely N-dealkylation sites (tertiary alicyclic amines) is 1. The van der Waals surface area contributed by atoms with Gasteiger partial charge in [-0.1, -0.05) is 13.3 Å². The number of benzene rings is 1. The van der Waals surface area contributed by atoms with Crippen LogP contribution >= 0.6 is 0 Å². The molecule has 1 aromatic carbocycles. The fraction of sp³-hybridized carbons (Fsp3) is 0.609. The van der Waals surface area contributed by atoms with Crippen LogP contribution in [0.1, 0.15) is 69.2 Å². The normalized spacial score (nSPS) is 22.5. The quantitative estimate of drug-likeness (QED) is 0.746. The maximum atomic E-state index is 13.1. The molecular formula is C23H33N3O3. The van der Waals surface area contributed by atoms with Crippen molar-refractivity contribution in [3.8, 4) is 0 Å². The molecule has 2 aliphatic rings. The summed E-state index contributed by atoms with van der Waals surface area (Å²) in [5.41, 5.74) is 1.46. The van der Waals surface area contributed by atoms with Crippen molar-refractivity contribution in [3.63, 3.8) is 0 Å². The number of anilines is 1. The molecule has 2 fully saturated rings. The Kier molecular flexibility index (Phi) is 7.29. The molecule has 3 rings (SSSR count). The highest BCUT2D eigenvalue weighted by Gasteiger charge is 2.33. The van der Waals surface area contributed by atoms with Gasteiger partial charge in [0.15, 0.2) is 0 Å². The summed E-state index contributed by atoms with van der Waals surface area (Å²) in [5, 5.41) is 3.00. The fourth-order valence-corrected chi connectivity index (χ4v) is 4.17. The summed E-state index contributed by atoms with van der Waals surface area (Å²) in [4.78, 5) is 41.3. The SMILES string of the molecule is CCCCNC(=O)C1CCC(C)N(C(=O)c2ccc(N3CCCCC3=O)cc2)C1. The highest BCUT2D eigenvalue weighted by Crippen LogP contribution is 2.26. The number of amides is 3. The average molecular weight is 400 g/mol. The minimum absolute atomic E-state index is 0.0416. The number of nitrogens with one attached hydrogen (secondary N) is 1. The summed E-state index contributed by atoms with van der Waals surface area (Å²) in [5.74, 6) is 0.0244. The summed E-state index contributed by atoms with van der Waals surface area (Å²) in [7, 11) is 0. The van der Waals surface area contributed by atoms with Crippen LogP contribution < -0.4 is 10.2 Å². The monoisotopic (exact) mass is 399 g/mol. The Bertz CT molecular complexity index is 731. The minimum atomic E-state index is -0.141. The van der Waals surface area contributed by atoms with E-state index in [1.165, 1.54) is 0 Å². The largest absolute Gasteiger partial charge is 0.356 e. The molecule has 0 radical (unpaired) electrons. The van der Waals surface area contributed by atoms with Crippen molar-refractivity contribution in [2.24, 2.45) is 5.92 Å². The van der Waals surface area contributed by atoms with E-state index in [1.54, 1.807) is 17.0 Å². The summed E-state index contributed by atoms with van der Waals surface area (Å²) in [6, 6.07) is 7.44. The van der Waals surface area contributed by atoms with E-state index in [2.05, 4.69) is 12.2 Å². The molecule has 6 nitrogen and oxygen atoms in total. The van der Waals surface area contributed by atoms with E-state index in [-0.39, 0.29) is 29.7 Å². The zero-order valence-electron chi connectivity index (χ0n) is 17.7. The Balaban J connectivity index is 1.64. The van der Waals surface area contributed by atoms with Crippen molar-refractivity contribution in [1.29, 1.82) is 0 Å². The lowest BCUT2D eigenvalue weighted by Crippen LogP contribution is -2.49. The van der Waals surface area contributed by atoms with Gasteiger partial charge >= 0.3 is 0 Å². The molecule has 3 amide bonds. The van der Waals surface area contributed by atoms with Crippen molar-refractivity contribution in [2.45, 2.75) is 64.8 Å². The Morgan fingerprint density at radius 2 is 1.90 bits per heavy atom. The average Bonchev–Trinajstić information content (AvgIpc) is 2.74. The van der Waals surface area contributed by atoms with Gasteiger partial charge in [0.05, 0.1) is 5.92 Å². The molecule has 0 aliphatic carbocycles. The second-order valence-corrected chi connectivity index (χ2v) is 8.27. The molecule has 29 heavy (non-hydrogen) atoms. The predicted octanol–water partition coefficient (Wildman–Crippen LogP) is 3.36. The van der Waals surface area contributed by atoms with Gasteiger partial charge in [-0.05, 0) is 63.3 Å².